The lowest BCUT2D eigenvalue weighted by atomic mass is 9.72. The standard InChI is InChI=1S/C17H25NO5.C10H18O3.CH4/c1-10(16(22)23)14(17(2,3)4)15(21)18-8-7-11-5-6-12(19)13(20)9-11;1-6(7(2)11)8(9(12)13)10(3,4)5;/h5-6,9-10,14,19-20H,7-8H2,1-4H3,(H,18,21)(H,22,23);6,8H,1-5H3,(H,12,13);1H4. The Morgan fingerprint density at radius 3 is 1.62 bits per heavy atom. The number of phenols is 2. The van der Waals surface area contributed by atoms with E-state index >= 15 is 0 Å². The second kappa shape index (κ2) is 14.6. The molecule has 0 saturated carbocycles. The van der Waals surface area contributed by atoms with E-state index in [1.165, 1.54) is 26.0 Å². The summed E-state index contributed by atoms with van der Waals surface area (Å²) in [5.41, 5.74) is -0.0884. The van der Waals surface area contributed by atoms with Crippen molar-refractivity contribution in [2.45, 2.75) is 76.2 Å². The summed E-state index contributed by atoms with van der Waals surface area (Å²) < 4.78 is 0. The average Bonchev–Trinajstić information content (AvgIpc) is 2.68. The van der Waals surface area contributed by atoms with E-state index in [-0.39, 0.29) is 36.0 Å². The van der Waals surface area contributed by atoms with Gasteiger partial charge in [0.15, 0.2) is 11.5 Å². The van der Waals surface area contributed by atoms with Gasteiger partial charge in [-0.15, -0.1) is 0 Å². The Hall–Kier alpha value is -3.10. The molecule has 37 heavy (non-hydrogen) atoms. The normalized spacial score (nSPS) is 14.5. The lowest BCUT2D eigenvalue weighted by molar-refractivity contribution is -0.150. The van der Waals surface area contributed by atoms with Gasteiger partial charge in [0.05, 0.1) is 17.8 Å². The molecule has 9 heteroatoms. The SMILES string of the molecule is C.CC(=O)C(C)C(C(=O)O)C(C)(C)C.CC(C(=O)O)C(C(=O)NCCc1ccc(O)c(O)c1)C(C)(C)C. The summed E-state index contributed by atoms with van der Waals surface area (Å²) >= 11 is 0. The van der Waals surface area contributed by atoms with Gasteiger partial charge in [0.25, 0.3) is 0 Å². The monoisotopic (exact) mass is 525 g/mol. The zero-order chi connectivity index (χ0) is 28.6. The third-order valence-electron chi connectivity index (χ3n) is 6.20. The minimum Gasteiger partial charge on any atom is -0.504 e. The molecule has 212 valence electrons. The minimum atomic E-state index is -0.997. The van der Waals surface area contributed by atoms with Gasteiger partial charge in [0.2, 0.25) is 5.91 Å². The highest BCUT2D eigenvalue weighted by molar-refractivity contribution is 5.85. The van der Waals surface area contributed by atoms with Gasteiger partial charge in [-0.25, -0.2) is 0 Å². The summed E-state index contributed by atoms with van der Waals surface area (Å²) in [6.45, 7) is 16.0. The van der Waals surface area contributed by atoms with Crippen LogP contribution < -0.4 is 5.32 Å². The molecule has 0 aliphatic rings. The first-order valence-electron chi connectivity index (χ1n) is 12.0. The molecule has 0 fully saturated rings. The number of benzene rings is 1. The molecule has 0 aromatic heterocycles. The molecule has 4 unspecified atom stereocenters. The molecule has 0 aliphatic carbocycles. The van der Waals surface area contributed by atoms with Crippen LogP contribution in [0.1, 0.15) is 75.3 Å². The van der Waals surface area contributed by atoms with Crippen LogP contribution in [0.15, 0.2) is 18.2 Å². The van der Waals surface area contributed by atoms with E-state index in [1.54, 1.807) is 13.0 Å². The number of carboxylic acids is 2. The van der Waals surface area contributed by atoms with Crippen molar-refractivity contribution in [2.75, 3.05) is 6.54 Å². The fourth-order valence-corrected chi connectivity index (χ4v) is 4.25. The largest absolute Gasteiger partial charge is 0.504 e. The van der Waals surface area contributed by atoms with Gasteiger partial charge < -0.3 is 25.7 Å². The third-order valence-corrected chi connectivity index (χ3v) is 6.20. The highest BCUT2D eigenvalue weighted by Crippen LogP contribution is 2.33. The maximum Gasteiger partial charge on any atom is 0.307 e. The van der Waals surface area contributed by atoms with Crippen LogP contribution >= 0.6 is 0 Å². The number of amides is 1. The van der Waals surface area contributed by atoms with E-state index in [4.69, 9.17) is 5.11 Å². The molecule has 5 N–H and O–H groups in total. The van der Waals surface area contributed by atoms with Gasteiger partial charge in [-0.3, -0.25) is 19.2 Å². The minimum absolute atomic E-state index is 0. The Balaban J connectivity index is 0. The van der Waals surface area contributed by atoms with E-state index in [9.17, 15) is 34.5 Å². The van der Waals surface area contributed by atoms with Gasteiger partial charge in [0, 0.05) is 12.5 Å². The van der Waals surface area contributed by atoms with Gasteiger partial charge >= 0.3 is 11.9 Å². The number of aromatic hydroxyl groups is 2. The van der Waals surface area contributed by atoms with E-state index in [0.717, 1.165) is 5.56 Å². The van der Waals surface area contributed by atoms with Crippen LogP contribution in [-0.4, -0.2) is 50.6 Å². The molecule has 1 aromatic rings. The lowest BCUT2D eigenvalue weighted by Crippen LogP contribution is -2.44. The average molecular weight is 526 g/mol. The van der Waals surface area contributed by atoms with Crippen LogP contribution in [0.2, 0.25) is 0 Å². The Labute approximate surface area is 221 Å². The Morgan fingerprint density at radius 1 is 0.811 bits per heavy atom. The Bertz CT molecular complexity index is 927. The van der Waals surface area contributed by atoms with Crippen molar-refractivity contribution in [3.8, 4) is 11.5 Å². The van der Waals surface area contributed by atoms with Gasteiger partial charge in [-0.05, 0) is 41.9 Å². The molecule has 0 heterocycles. The van der Waals surface area contributed by atoms with Crippen LogP contribution in [0.4, 0.5) is 0 Å². The van der Waals surface area contributed by atoms with Gasteiger partial charge in [0.1, 0.15) is 5.78 Å². The van der Waals surface area contributed by atoms with Crippen LogP contribution in [0, 0.1) is 34.5 Å². The van der Waals surface area contributed by atoms with E-state index in [2.05, 4.69) is 5.32 Å². The van der Waals surface area contributed by atoms with Crippen LogP contribution in [0.25, 0.3) is 0 Å². The maximum atomic E-state index is 12.4. The number of carbonyl (C=O) groups is 4. The second-order valence-electron chi connectivity index (χ2n) is 11.4. The van der Waals surface area contributed by atoms with Crippen molar-refractivity contribution in [3.05, 3.63) is 23.8 Å². The van der Waals surface area contributed by atoms with Crippen molar-refractivity contribution < 1.29 is 39.6 Å². The van der Waals surface area contributed by atoms with E-state index in [0.29, 0.717) is 13.0 Å². The van der Waals surface area contributed by atoms with Crippen molar-refractivity contribution in [1.82, 2.24) is 5.32 Å². The molecular weight excluding hydrogens is 478 g/mol. The fourth-order valence-electron chi connectivity index (χ4n) is 4.25. The summed E-state index contributed by atoms with van der Waals surface area (Å²) in [5, 5.41) is 39.6. The molecule has 1 rings (SSSR count). The lowest BCUT2D eigenvalue weighted by Gasteiger charge is -2.32. The predicted molar refractivity (Wildman–Crippen MR) is 143 cm³/mol. The molecule has 9 nitrogen and oxygen atoms in total. The van der Waals surface area contributed by atoms with E-state index < -0.39 is 41.0 Å². The zero-order valence-electron chi connectivity index (χ0n) is 22.9. The number of phenolic OH excluding ortho intramolecular Hbond substituents is 2. The second-order valence-corrected chi connectivity index (χ2v) is 11.4. The molecule has 1 amide bonds. The van der Waals surface area contributed by atoms with Crippen molar-refractivity contribution in [1.29, 1.82) is 0 Å². The smallest absolute Gasteiger partial charge is 0.307 e. The Kier molecular flexibility index (Phi) is 14.2. The summed E-state index contributed by atoms with van der Waals surface area (Å²) in [6.07, 6.45) is 0.470. The number of nitrogens with one attached hydrogen (secondary N) is 1. The quantitative estimate of drug-likeness (QED) is 0.289. The number of aliphatic carboxylic acids is 2. The van der Waals surface area contributed by atoms with Gasteiger partial charge in [-0.1, -0.05) is 68.9 Å². The summed E-state index contributed by atoms with van der Waals surface area (Å²) in [7, 11) is 0. The highest BCUT2D eigenvalue weighted by atomic mass is 16.4. The molecule has 0 bridgehead atoms. The maximum absolute atomic E-state index is 12.4. The molecule has 0 saturated heterocycles. The summed E-state index contributed by atoms with van der Waals surface area (Å²) in [5.74, 6) is -5.11. The summed E-state index contributed by atoms with van der Waals surface area (Å²) in [6, 6.07) is 4.47. The first-order valence-corrected chi connectivity index (χ1v) is 12.0. The number of carboxylic acid groups (broad SMARTS) is 2. The number of hydrogen-bond acceptors (Lipinski definition) is 6. The van der Waals surface area contributed by atoms with Crippen molar-refractivity contribution in [3.63, 3.8) is 0 Å². The highest BCUT2D eigenvalue weighted by Gasteiger charge is 2.39. The molecule has 0 aliphatic heterocycles. The van der Waals surface area contributed by atoms with Crippen LogP contribution in [-0.2, 0) is 25.6 Å². The zero-order valence-corrected chi connectivity index (χ0v) is 22.9. The Morgan fingerprint density at radius 2 is 1.30 bits per heavy atom. The molecule has 4 atom stereocenters. The number of ketones is 1. The van der Waals surface area contributed by atoms with Crippen molar-refractivity contribution >= 4 is 23.6 Å². The summed E-state index contributed by atoms with van der Waals surface area (Å²) in [4.78, 5) is 45.6. The third kappa shape index (κ3) is 11.7. The first-order chi connectivity index (χ1) is 16.2. The van der Waals surface area contributed by atoms with Crippen LogP contribution in [0.5, 0.6) is 11.5 Å². The van der Waals surface area contributed by atoms with Crippen molar-refractivity contribution in [2.24, 2.45) is 34.5 Å². The number of Topliss-reactive ketones (excluding diaryl/α,β-unsaturated/α-hetero) is 1. The molecule has 0 radical (unpaired) electrons. The first kappa shape index (κ1) is 36.1. The predicted octanol–water partition coefficient (Wildman–Crippen LogP) is 4.73. The number of carbonyl (C=O) groups excluding carboxylic acids is 2. The topological polar surface area (TPSA) is 161 Å². The van der Waals surface area contributed by atoms with Crippen LogP contribution in [0.3, 0.4) is 0 Å². The molecule has 0 spiro atoms. The molecule has 1 aromatic carbocycles. The number of hydrogen-bond donors (Lipinski definition) is 5. The van der Waals surface area contributed by atoms with E-state index in [1.807, 2.05) is 41.5 Å². The van der Waals surface area contributed by atoms with Gasteiger partial charge in [-0.2, -0.15) is 0 Å². The number of rotatable bonds is 9. The molecular formula is C28H47NO8. The fraction of sp³-hybridized carbons (Fsp3) is 0.643.